The Morgan fingerprint density at radius 1 is 1.21 bits per heavy atom. The molecule has 1 aromatic heterocycles. The molecule has 0 radical (unpaired) electrons. The maximum Gasteiger partial charge on any atom is 0.0897 e. The summed E-state index contributed by atoms with van der Waals surface area (Å²) in [5, 5.41) is 4.72. The van der Waals surface area contributed by atoms with E-state index in [9.17, 15) is 0 Å². The van der Waals surface area contributed by atoms with Crippen molar-refractivity contribution in [1.29, 1.82) is 0 Å². The molecule has 0 aliphatic rings. The predicted octanol–water partition coefficient (Wildman–Crippen LogP) is 3.96. The summed E-state index contributed by atoms with van der Waals surface area (Å²) in [6.45, 7) is 9.60. The largest absolute Gasteiger partial charge is 0.309 e. The van der Waals surface area contributed by atoms with Crippen molar-refractivity contribution in [3.8, 4) is 0 Å². The molecule has 2 rings (SSSR count). The van der Waals surface area contributed by atoms with Gasteiger partial charge in [-0.15, -0.1) is 11.3 Å². The van der Waals surface area contributed by atoms with Crippen LogP contribution in [0.1, 0.15) is 39.5 Å². The molecular weight excluding hydrogens is 252 g/mol. The number of nitrogens with one attached hydrogen (secondary N) is 1. The van der Waals surface area contributed by atoms with Crippen LogP contribution in [0.25, 0.3) is 0 Å². The minimum absolute atomic E-state index is 0.371. The van der Waals surface area contributed by atoms with Crippen molar-refractivity contribution in [2.75, 3.05) is 6.54 Å². The number of hydrogen-bond acceptors (Lipinski definition) is 3. The lowest BCUT2D eigenvalue weighted by Gasteiger charge is -2.19. The SMILES string of the molecule is CCNC(Cc1c(C)cccc1C)c1cnc(C)s1. The molecule has 1 aromatic carbocycles. The maximum absolute atomic E-state index is 4.38. The van der Waals surface area contributed by atoms with Gasteiger partial charge in [0.25, 0.3) is 0 Å². The Kier molecular flexibility index (Phi) is 4.72. The first-order chi connectivity index (χ1) is 9.11. The maximum atomic E-state index is 4.38. The molecule has 1 atom stereocenters. The van der Waals surface area contributed by atoms with Gasteiger partial charge in [-0.1, -0.05) is 25.1 Å². The Balaban J connectivity index is 2.26. The van der Waals surface area contributed by atoms with Gasteiger partial charge >= 0.3 is 0 Å². The van der Waals surface area contributed by atoms with Crippen LogP contribution >= 0.6 is 11.3 Å². The number of thiazole rings is 1. The zero-order valence-corrected chi connectivity index (χ0v) is 13.0. The summed E-state index contributed by atoms with van der Waals surface area (Å²) in [6, 6.07) is 6.90. The predicted molar refractivity (Wildman–Crippen MR) is 82.9 cm³/mol. The molecular formula is C16H22N2S. The van der Waals surface area contributed by atoms with Crippen LogP contribution in [0.2, 0.25) is 0 Å². The number of nitrogens with zero attached hydrogens (tertiary/aromatic N) is 1. The van der Waals surface area contributed by atoms with Crippen molar-refractivity contribution in [1.82, 2.24) is 10.3 Å². The lowest BCUT2D eigenvalue weighted by atomic mass is 9.96. The molecule has 0 fully saturated rings. The second-order valence-electron chi connectivity index (χ2n) is 4.97. The van der Waals surface area contributed by atoms with E-state index in [0.29, 0.717) is 6.04 Å². The van der Waals surface area contributed by atoms with Gasteiger partial charge in [-0.2, -0.15) is 0 Å². The van der Waals surface area contributed by atoms with E-state index in [0.717, 1.165) is 18.0 Å². The molecule has 102 valence electrons. The Labute approximate surface area is 119 Å². The normalized spacial score (nSPS) is 12.6. The summed E-state index contributed by atoms with van der Waals surface area (Å²) in [7, 11) is 0. The monoisotopic (exact) mass is 274 g/mol. The lowest BCUT2D eigenvalue weighted by Crippen LogP contribution is -2.22. The van der Waals surface area contributed by atoms with Crippen LogP contribution in [0, 0.1) is 20.8 Å². The summed E-state index contributed by atoms with van der Waals surface area (Å²) >= 11 is 1.79. The molecule has 1 heterocycles. The molecule has 0 aliphatic carbocycles. The van der Waals surface area contributed by atoms with E-state index in [-0.39, 0.29) is 0 Å². The molecule has 0 bridgehead atoms. The van der Waals surface area contributed by atoms with Crippen molar-refractivity contribution >= 4 is 11.3 Å². The third-order valence-electron chi connectivity index (χ3n) is 3.49. The Bertz CT molecular complexity index is 525. The summed E-state index contributed by atoms with van der Waals surface area (Å²) < 4.78 is 0. The van der Waals surface area contributed by atoms with Crippen LogP contribution in [0.3, 0.4) is 0 Å². The van der Waals surface area contributed by atoms with Crippen LogP contribution < -0.4 is 5.32 Å². The summed E-state index contributed by atoms with van der Waals surface area (Å²) in [5.74, 6) is 0. The lowest BCUT2D eigenvalue weighted by molar-refractivity contribution is 0.555. The zero-order chi connectivity index (χ0) is 13.8. The van der Waals surface area contributed by atoms with Crippen molar-refractivity contribution in [2.45, 2.75) is 40.2 Å². The molecule has 0 spiro atoms. The minimum atomic E-state index is 0.371. The smallest absolute Gasteiger partial charge is 0.0897 e. The van der Waals surface area contributed by atoms with Crippen molar-refractivity contribution in [3.63, 3.8) is 0 Å². The van der Waals surface area contributed by atoms with Crippen LogP contribution in [0.4, 0.5) is 0 Å². The molecule has 0 saturated heterocycles. The van der Waals surface area contributed by atoms with Crippen LogP contribution in [0.15, 0.2) is 24.4 Å². The fourth-order valence-electron chi connectivity index (χ4n) is 2.43. The number of rotatable bonds is 5. The number of aromatic nitrogens is 1. The summed E-state index contributed by atoms with van der Waals surface area (Å²) in [4.78, 5) is 5.72. The van der Waals surface area contributed by atoms with E-state index in [1.807, 2.05) is 6.20 Å². The highest BCUT2D eigenvalue weighted by Crippen LogP contribution is 2.26. The first-order valence-corrected chi connectivity index (χ1v) is 7.64. The average molecular weight is 274 g/mol. The van der Waals surface area contributed by atoms with Gasteiger partial charge in [0.1, 0.15) is 0 Å². The van der Waals surface area contributed by atoms with E-state index in [1.165, 1.54) is 21.6 Å². The molecule has 0 aliphatic heterocycles. The van der Waals surface area contributed by atoms with E-state index < -0.39 is 0 Å². The van der Waals surface area contributed by atoms with E-state index >= 15 is 0 Å². The Morgan fingerprint density at radius 3 is 2.42 bits per heavy atom. The van der Waals surface area contributed by atoms with Gasteiger partial charge in [-0.05, 0) is 50.4 Å². The molecule has 0 amide bonds. The van der Waals surface area contributed by atoms with Gasteiger partial charge in [-0.3, -0.25) is 0 Å². The number of likely N-dealkylation sites (N-methyl/N-ethyl adjacent to an activating group) is 1. The highest BCUT2D eigenvalue weighted by molar-refractivity contribution is 7.11. The summed E-state index contributed by atoms with van der Waals surface area (Å²) in [6.07, 6.45) is 3.05. The molecule has 0 saturated carbocycles. The topological polar surface area (TPSA) is 24.9 Å². The second-order valence-corrected chi connectivity index (χ2v) is 6.23. The number of benzene rings is 1. The van der Waals surface area contributed by atoms with Gasteiger partial charge in [0.05, 0.1) is 5.01 Å². The highest BCUT2D eigenvalue weighted by atomic mass is 32.1. The summed E-state index contributed by atoms with van der Waals surface area (Å²) in [5.41, 5.74) is 4.22. The number of aryl methyl sites for hydroxylation is 3. The first kappa shape index (κ1) is 14.2. The van der Waals surface area contributed by atoms with Crippen LogP contribution in [-0.2, 0) is 6.42 Å². The molecule has 1 N–H and O–H groups in total. The fraction of sp³-hybridized carbons (Fsp3) is 0.438. The molecule has 2 nitrogen and oxygen atoms in total. The molecule has 1 unspecified atom stereocenters. The number of hydrogen-bond donors (Lipinski definition) is 1. The average Bonchev–Trinajstić information content (AvgIpc) is 2.79. The quantitative estimate of drug-likeness (QED) is 0.892. The van der Waals surface area contributed by atoms with Crippen LogP contribution in [-0.4, -0.2) is 11.5 Å². The Hall–Kier alpha value is -1.19. The van der Waals surface area contributed by atoms with Crippen molar-refractivity contribution < 1.29 is 0 Å². The third kappa shape index (κ3) is 3.43. The van der Waals surface area contributed by atoms with Crippen molar-refractivity contribution in [3.05, 3.63) is 51.0 Å². The van der Waals surface area contributed by atoms with Gasteiger partial charge in [0.15, 0.2) is 0 Å². The third-order valence-corrected chi connectivity index (χ3v) is 4.51. The van der Waals surface area contributed by atoms with Gasteiger partial charge in [0.2, 0.25) is 0 Å². The highest BCUT2D eigenvalue weighted by Gasteiger charge is 2.16. The standard InChI is InChI=1S/C16H22N2S/c1-5-17-15(16-10-18-13(4)19-16)9-14-11(2)7-6-8-12(14)3/h6-8,10,15,17H,5,9H2,1-4H3. The van der Waals surface area contributed by atoms with Crippen molar-refractivity contribution in [2.24, 2.45) is 0 Å². The second kappa shape index (κ2) is 6.31. The first-order valence-electron chi connectivity index (χ1n) is 6.82. The zero-order valence-electron chi connectivity index (χ0n) is 12.2. The van der Waals surface area contributed by atoms with E-state index in [2.05, 4.69) is 56.2 Å². The molecule has 3 heteroatoms. The fourth-order valence-corrected chi connectivity index (χ4v) is 3.29. The molecule has 19 heavy (non-hydrogen) atoms. The van der Waals surface area contributed by atoms with Gasteiger partial charge in [0, 0.05) is 17.1 Å². The van der Waals surface area contributed by atoms with Gasteiger partial charge in [-0.25, -0.2) is 4.98 Å². The van der Waals surface area contributed by atoms with Gasteiger partial charge < -0.3 is 5.32 Å². The minimum Gasteiger partial charge on any atom is -0.309 e. The van der Waals surface area contributed by atoms with E-state index in [1.54, 1.807) is 11.3 Å². The molecule has 2 aromatic rings. The van der Waals surface area contributed by atoms with Crippen LogP contribution in [0.5, 0.6) is 0 Å². The van der Waals surface area contributed by atoms with E-state index in [4.69, 9.17) is 0 Å². The Morgan fingerprint density at radius 2 is 1.89 bits per heavy atom.